The Morgan fingerprint density at radius 3 is 2.18 bits per heavy atom. The Bertz CT molecular complexity index is 446. The first-order valence-electron chi connectivity index (χ1n) is 7.36. The molecule has 0 radical (unpaired) electrons. The van der Waals surface area contributed by atoms with Gasteiger partial charge in [0.15, 0.2) is 10.2 Å². The topological polar surface area (TPSA) is 82.1 Å². The van der Waals surface area contributed by atoms with E-state index in [0.29, 0.717) is 16.8 Å². The maximum Gasteiger partial charge on any atom is 0.186 e. The molecular weight excluding hydrogens is 320 g/mol. The van der Waals surface area contributed by atoms with Crippen molar-refractivity contribution in [2.24, 2.45) is 16.1 Å². The third-order valence-corrected chi connectivity index (χ3v) is 3.44. The Morgan fingerprint density at radius 1 is 1.09 bits per heavy atom. The molecule has 0 bridgehead atoms. The van der Waals surface area contributed by atoms with Gasteiger partial charge in [-0.25, -0.2) is 0 Å². The van der Waals surface area contributed by atoms with E-state index in [1.165, 1.54) is 0 Å². The number of rotatable bonds is 6. The molecule has 0 aromatic heterocycles. The van der Waals surface area contributed by atoms with E-state index in [4.69, 9.17) is 29.2 Å². The van der Waals surface area contributed by atoms with Gasteiger partial charge in [-0.1, -0.05) is 0 Å². The maximum absolute atomic E-state index is 5.44. The van der Waals surface area contributed by atoms with Gasteiger partial charge >= 0.3 is 0 Å². The van der Waals surface area contributed by atoms with E-state index in [0.717, 1.165) is 37.5 Å². The smallest absolute Gasteiger partial charge is 0.186 e. The summed E-state index contributed by atoms with van der Waals surface area (Å²) in [5.41, 5.74) is 7.24. The van der Waals surface area contributed by atoms with E-state index in [-0.39, 0.29) is 5.92 Å². The lowest BCUT2D eigenvalue weighted by molar-refractivity contribution is 0.193. The Morgan fingerprint density at radius 2 is 1.68 bits per heavy atom. The molecule has 1 aliphatic heterocycles. The molecule has 0 aliphatic carbocycles. The molecular formula is C13H24N6OS2. The highest BCUT2D eigenvalue weighted by Gasteiger charge is 2.24. The molecule has 0 aromatic rings. The molecule has 1 aliphatic rings. The summed E-state index contributed by atoms with van der Waals surface area (Å²) in [6.07, 6.45) is 0.916. The van der Waals surface area contributed by atoms with E-state index in [1.54, 1.807) is 0 Å². The van der Waals surface area contributed by atoms with Crippen molar-refractivity contribution >= 4 is 46.1 Å². The van der Waals surface area contributed by atoms with Crippen LogP contribution in [0.4, 0.5) is 0 Å². The second kappa shape index (κ2) is 10.4. The average Bonchev–Trinajstić information content (AvgIpc) is 3.00. The van der Waals surface area contributed by atoms with E-state index < -0.39 is 0 Å². The zero-order valence-corrected chi connectivity index (χ0v) is 14.9. The third-order valence-electron chi connectivity index (χ3n) is 2.96. The number of thiocarbonyl (C=S) groups is 2. The van der Waals surface area contributed by atoms with Gasteiger partial charge in [0.1, 0.15) is 0 Å². The summed E-state index contributed by atoms with van der Waals surface area (Å²) >= 11 is 10.2. The molecule has 0 amide bonds. The summed E-state index contributed by atoms with van der Waals surface area (Å²) in [4.78, 5) is 0. The Balaban J connectivity index is 2.75. The predicted octanol–water partition coefficient (Wildman–Crippen LogP) is 0.723. The lowest BCUT2D eigenvalue weighted by Gasteiger charge is -2.13. The highest BCUT2D eigenvalue weighted by atomic mass is 32.1. The van der Waals surface area contributed by atoms with Crippen molar-refractivity contribution in [1.82, 2.24) is 21.5 Å². The number of ether oxygens (including phenoxy) is 1. The zero-order chi connectivity index (χ0) is 16.4. The molecule has 124 valence electrons. The molecule has 1 saturated heterocycles. The Kier molecular flexibility index (Phi) is 8.86. The molecule has 0 aromatic carbocycles. The van der Waals surface area contributed by atoms with Crippen LogP contribution in [0.2, 0.25) is 0 Å². The van der Waals surface area contributed by atoms with Crippen molar-refractivity contribution < 1.29 is 4.74 Å². The largest absolute Gasteiger partial charge is 0.381 e. The predicted molar refractivity (Wildman–Crippen MR) is 98.3 cm³/mol. The van der Waals surface area contributed by atoms with Gasteiger partial charge in [0.25, 0.3) is 0 Å². The minimum Gasteiger partial charge on any atom is -0.381 e. The van der Waals surface area contributed by atoms with Crippen molar-refractivity contribution in [2.75, 3.05) is 26.3 Å². The Labute approximate surface area is 142 Å². The van der Waals surface area contributed by atoms with Gasteiger partial charge in [-0.3, -0.25) is 10.9 Å². The minimum absolute atomic E-state index is 0.204. The van der Waals surface area contributed by atoms with E-state index in [1.807, 2.05) is 20.8 Å². The fraction of sp³-hybridized carbons (Fsp3) is 0.692. The van der Waals surface area contributed by atoms with E-state index in [9.17, 15) is 0 Å². The van der Waals surface area contributed by atoms with E-state index in [2.05, 4.69) is 31.7 Å². The van der Waals surface area contributed by atoms with E-state index >= 15 is 0 Å². The molecule has 22 heavy (non-hydrogen) atoms. The molecule has 0 spiro atoms. The molecule has 1 heterocycles. The number of hydrazone groups is 2. The lowest BCUT2D eigenvalue weighted by Crippen LogP contribution is -2.36. The summed E-state index contributed by atoms with van der Waals surface area (Å²) in [6.45, 7) is 8.69. The quantitative estimate of drug-likeness (QED) is 0.321. The van der Waals surface area contributed by atoms with Crippen LogP contribution < -0.4 is 21.5 Å². The molecule has 4 N–H and O–H groups in total. The highest BCUT2D eigenvalue weighted by Crippen LogP contribution is 2.15. The second-order valence-corrected chi connectivity index (χ2v) is 5.51. The van der Waals surface area contributed by atoms with Crippen molar-refractivity contribution in [3.8, 4) is 0 Å². The van der Waals surface area contributed by atoms with Crippen molar-refractivity contribution in [3.05, 3.63) is 0 Å². The summed E-state index contributed by atoms with van der Waals surface area (Å²) in [7, 11) is 0. The van der Waals surface area contributed by atoms with Crippen LogP contribution >= 0.6 is 24.4 Å². The monoisotopic (exact) mass is 344 g/mol. The van der Waals surface area contributed by atoms with Gasteiger partial charge in [-0.2, -0.15) is 10.2 Å². The maximum atomic E-state index is 5.44. The first-order chi connectivity index (χ1) is 10.6. The summed E-state index contributed by atoms with van der Waals surface area (Å²) < 4.78 is 5.44. The van der Waals surface area contributed by atoms with Crippen LogP contribution in [0.25, 0.3) is 0 Å². The second-order valence-electron chi connectivity index (χ2n) is 4.70. The molecule has 1 rings (SSSR count). The van der Waals surface area contributed by atoms with Crippen LogP contribution in [-0.4, -0.2) is 48.0 Å². The molecule has 0 saturated carbocycles. The first-order valence-corrected chi connectivity index (χ1v) is 8.17. The van der Waals surface area contributed by atoms with Crippen molar-refractivity contribution in [1.29, 1.82) is 0 Å². The average molecular weight is 345 g/mol. The SMILES string of the molecule is CCNC(=S)N/N=C(C)/C(=N/NC(=S)NCC)C1CCOC1. The third kappa shape index (κ3) is 6.63. The Hall–Kier alpha value is -1.32. The van der Waals surface area contributed by atoms with Crippen molar-refractivity contribution in [2.45, 2.75) is 27.2 Å². The fourth-order valence-electron chi connectivity index (χ4n) is 1.92. The molecule has 1 atom stereocenters. The van der Waals surface area contributed by atoms with Crippen LogP contribution in [0.15, 0.2) is 10.2 Å². The van der Waals surface area contributed by atoms with Crippen LogP contribution in [0, 0.1) is 5.92 Å². The van der Waals surface area contributed by atoms with Gasteiger partial charge in [-0.05, 0) is 51.6 Å². The molecule has 1 unspecified atom stereocenters. The zero-order valence-electron chi connectivity index (χ0n) is 13.2. The van der Waals surface area contributed by atoms with Gasteiger partial charge in [-0.15, -0.1) is 0 Å². The first kappa shape index (κ1) is 18.7. The highest BCUT2D eigenvalue weighted by molar-refractivity contribution is 7.80. The number of nitrogens with one attached hydrogen (secondary N) is 4. The van der Waals surface area contributed by atoms with Crippen LogP contribution in [-0.2, 0) is 4.74 Å². The van der Waals surface area contributed by atoms with Gasteiger partial charge < -0.3 is 15.4 Å². The van der Waals surface area contributed by atoms with Gasteiger partial charge in [0, 0.05) is 25.6 Å². The number of hydrogen-bond acceptors (Lipinski definition) is 5. The molecule has 7 nitrogen and oxygen atoms in total. The fourth-order valence-corrected chi connectivity index (χ4v) is 2.30. The molecule has 9 heteroatoms. The minimum atomic E-state index is 0.204. The summed E-state index contributed by atoms with van der Waals surface area (Å²) in [6, 6.07) is 0. The van der Waals surface area contributed by atoms with Gasteiger partial charge in [0.2, 0.25) is 0 Å². The lowest BCUT2D eigenvalue weighted by atomic mass is 9.99. The van der Waals surface area contributed by atoms with Crippen LogP contribution in [0.1, 0.15) is 27.2 Å². The van der Waals surface area contributed by atoms with Crippen LogP contribution in [0.5, 0.6) is 0 Å². The summed E-state index contributed by atoms with van der Waals surface area (Å²) in [5, 5.41) is 15.6. The number of hydrogen-bond donors (Lipinski definition) is 4. The summed E-state index contributed by atoms with van der Waals surface area (Å²) in [5.74, 6) is 0.204. The van der Waals surface area contributed by atoms with Crippen molar-refractivity contribution in [3.63, 3.8) is 0 Å². The normalized spacial score (nSPS) is 18.8. The number of nitrogens with zero attached hydrogens (tertiary/aromatic N) is 2. The van der Waals surface area contributed by atoms with Crippen LogP contribution in [0.3, 0.4) is 0 Å². The van der Waals surface area contributed by atoms with Gasteiger partial charge in [0.05, 0.1) is 18.0 Å². The standard InChI is InChI=1S/C13H24N6OS2/c1-4-14-12(21)18-16-9(3)11(10-6-7-20-8-10)17-19-13(22)15-5-2/h10H,4-8H2,1-3H3,(H2,14,18,21)(H2,15,19,22)/b16-9+,17-11-. The molecule has 1 fully saturated rings.